The summed E-state index contributed by atoms with van der Waals surface area (Å²) in [6, 6.07) is 10.0. The van der Waals surface area contributed by atoms with Gasteiger partial charge in [-0.2, -0.15) is 0 Å². The first kappa shape index (κ1) is 15.6. The molecule has 0 saturated carbocycles. The first-order chi connectivity index (χ1) is 11.2. The maximum Gasteiger partial charge on any atom is 0.210 e. The van der Waals surface area contributed by atoms with E-state index in [4.69, 9.17) is 12.2 Å². The van der Waals surface area contributed by atoms with Gasteiger partial charge in [-0.3, -0.25) is 9.55 Å². The van der Waals surface area contributed by atoms with Crippen LogP contribution in [0.15, 0.2) is 48.7 Å². The van der Waals surface area contributed by atoms with E-state index in [0.717, 1.165) is 21.3 Å². The van der Waals surface area contributed by atoms with E-state index in [-0.39, 0.29) is 5.88 Å². The molecule has 3 nitrogen and oxygen atoms in total. The molecule has 0 unspecified atom stereocenters. The van der Waals surface area contributed by atoms with E-state index in [1.807, 2.05) is 61.7 Å². The van der Waals surface area contributed by atoms with Gasteiger partial charge in [-0.15, -0.1) is 11.3 Å². The molecule has 0 aliphatic rings. The Kier molecular flexibility index (Phi) is 4.69. The highest BCUT2D eigenvalue weighted by Gasteiger charge is 2.06. The van der Waals surface area contributed by atoms with Crippen LogP contribution in [0, 0.1) is 3.95 Å². The molecular formula is C18H16N2OS2. The van der Waals surface area contributed by atoms with Gasteiger partial charge in [0.05, 0.1) is 10.4 Å². The molecular weight excluding hydrogens is 324 g/mol. The lowest BCUT2D eigenvalue weighted by atomic mass is 10.1. The molecule has 3 aromatic rings. The molecule has 0 aliphatic heterocycles. The number of aromatic nitrogens is 2. The number of fused-ring (bicyclic) bond motifs is 1. The van der Waals surface area contributed by atoms with Crippen LogP contribution in [0.1, 0.15) is 17.4 Å². The lowest BCUT2D eigenvalue weighted by Crippen LogP contribution is -1.91. The zero-order valence-corrected chi connectivity index (χ0v) is 14.3. The molecule has 0 fully saturated rings. The van der Waals surface area contributed by atoms with Crippen LogP contribution in [0.5, 0.6) is 5.88 Å². The van der Waals surface area contributed by atoms with E-state index in [2.05, 4.69) is 11.1 Å². The van der Waals surface area contributed by atoms with Crippen molar-refractivity contribution in [3.8, 4) is 5.88 Å². The summed E-state index contributed by atoms with van der Waals surface area (Å²) in [4.78, 5) is 5.13. The van der Waals surface area contributed by atoms with Gasteiger partial charge in [0.2, 0.25) is 5.88 Å². The van der Waals surface area contributed by atoms with E-state index in [0.29, 0.717) is 10.5 Å². The average Bonchev–Trinajstić information content (AvgIpc) is 2.85. The molecule has 0 spiro atoms. The third-order valence-corrected chi connectivity index (χ3v) is 4.93. The standard InChI is InChI=1S/C18H16N2OS2/c1-2-20-17(21)16(23-18(20)22)10-6-3-7-13-11-12-19-15-9-5-4-8-14(13)15/h3-12,21H,2H2,1H3. The molecule has 1 N–H and O–H groups in total. The number of rotatable bonds is 4. The Morgan fingerprint density at radius 3 is 2.78 bits per heavy atom. The van der Waals surface area contributed by atoms with E-state index >= 15 is 0 Å². The minimum absolute atomic E-state index is 0.238. The maximum atomic E-state index is 10.1. The number of nitrogens with zero attached hydrogens (tertiary/aromatic N) is 2. The van der Waals surface area contributed by atoms with Crippen molar-refractivity contribution in [2.24, 2.45) is 0 Å². The van der Waals surface area contributed by atoms with Crippen LogP contribution >= 0.6 is 23.6 Å². The van der Waals surface area contributed by atoms with E-state index in [9.17, 15) is 5.11 Å². The maximum absolute atomic E-state index is 10.1. The van der Waals surface area contributed by atoms with Crippen LogP contribution < -0.4 is 0 Å². The van der Waals surface area contributed by atoms with Crippen molar-refractivity contribution in [1.29, 1.82) is 0 Å². The van der Waals surface area contributed by atoms with Crippen molar-refractivity contribution in [2.75, 3.05) is 0 Å². The minimum Gasteiger partial charge on any atom is -0.493 e. The van der Waals surface area contributed by atoms with Crippen LogP contribution in [-0.4, -0.2) is 14.7 Å². The van der Waals surface area contributed by atoms with Gasteiger partial charge in [-0.1, -0.05) is 36.4 Å². The number of hydrogen-bond acceptors (Lipinski definition) is 4. The van der Waals surface area contributed by atoms with E-state index < -0.39 is 0 Å². The number of allylic oxidation sites excluding steroid dienone is 2. The highest BCUT2D eigenvalue weighted by molar-refractivity contribution is 7.73. The number of pyridine rings is 1. The fraction of sp³-hybridized carbons (Fsp3) is 0.111. The molecule has 0 aliphatic carbocycles. The highest BCUT2D eigenvalue weighted by atomic mass is 32.1. The van der Waals surface area contributed by atoms with Crippen molar-refractivity contribution in [1.82, 2.24) is 9.55 Å². The zero-order valence-electron chi connectivity index (χ0n) is 12.6. The Labute approximate surface area is 143 Å². The van der Waals surface area contributed by atoms with Crippen molar-refractivity contribution < 1.29 is 5.11 Å². The molecule has 0 radical (unpaired) electrons. The summed E-state index contributed by atoms with van der Waals surface area (Å²) in [5.41, 5.74) is 2.09. The number of thiazole rings is 1. The van der Waals surface area contributed by atoms with Gasteiger partial charge in [-0.25, -0.2) is 0 Å². The molecule has 2 aromatic heterocycles. The number of para-hydroxylation sites is 1. The molecule has 0 amide bonds. The smallest absolute Gasteiger partial charge is 0.210 e. The highest BCUT2D eigenvalue weighted by Crippen LogP contribution is 2.27. The number of aromatic hydroxyl groups is 1. The summed E-state index contributed by atoms with van der Waals surface area (Å²) < 4.78 is 2.41. The van der Waals surface area contributed by atoms with Crippen molar-refractivity contribution >= 4 is 46.6 Å². The number of benzene rings is 1. The Bertz CT molecular complexity index is 946. The minimum atomic E-state index is 0.238. The van der Waals surface area contributed by atoms with Gasteiger partial charge in [0, 0.05) is 18.1 Å². The first-order valence-electron chi connectivity index (χ1n) is 7.32. The number of hydrogen-bond donors (Lipinski definition) is 1. The lowest BCUT2D eigenvalue weighted by Gasteiger charge is -2.00. The molecule has 0 bridgehead atoms. The molecule has 0 saturated heterocycles. The van der Waals surface area contributed by atoms with Gasteiger partial charge in [0.25, 0.3) is 0 Å². The van der Waals surface area contributed by atoms with Crippen LogP contribution in [-0.2, 0) is 6.54 Å². The van der Waals surface area contributed by atoms with Crippen molar-refractivity contribution in [3.63, 3.8) is 0 Å². The molecule has 1 aromatic carbocycles. The van der Waals surface area contributed by atoms with Gasteiger partial charge in [0.1, 0.15) is 0 Å². The van der Waals surface area contributed by atoms with Crippen molar-refractivity contribution in [3.05, 3.63) is 63.1 Å². The van der Waals surface area contributed by atoms with Gasteiger partial charge >= 0.3 is 0 Å². The predicted molar refractivity (Wildman–Crippen MR) is 100 cm³/mol. The van der Waals surface area contributed by atoms with Crippen LogP contribution in [0.4, 0.5) is 0 Å². The molecule has 23 heavy (non-hydrogen) atoms. The summed E-state index contributed by atoms with van der Waals surface area (Å²) >= 11 is 6.64. The second kappa shape index (κ2) is 6.89. The molecule has 0 atom stereocenters. The molecule has 3 rings (SSSR count). The van der Waals surface area contributed by atoms with E-state index in [1.165, 1.54) is 11.3 Å². The average molecular weight is 340 g/mol. The quantitative estimate of drug-likeness (QED) is 0.519. The Balaban J connectivity index is 1.85. The summed E-state index contributed by atoms with van der Waals surface area (Å²) in [6.07, 6.45) is 9.59. The first-order valence-corrected chi connectivity index (χ1v) is 8.54. The Morgan fingerprint density at radius 2 is 2.00 bits per heavy atom. The summed E-state index contributed by atoms with van der Waals surface area (Å²) in [6.45, 7) is 2.64. The van der Waals surface area contributed by atoms with Gasteiger partial charge < -0.3 is 5.11 Å². The monoisotopic (exact) mass is 340 g/mol. The van der Waals surface area contributed by atoms with Crippen LogP contribution in [0.25, 0.3) is 23.1 Å². The van der Waals surface area contributed by atoms with Gasteiger partial charge in [0.15, 0.2) is 3.95 Å². The van der Waals surface area contributed by atoms with Crippen LogP contribution in [0.3, 0.4) is 0 Å². The Morgan fingerprint density at radius 1 is 1.22 bits per heavy atom. The van der Waals surface area contributed by atoms with E-state index in [1.54, 1.807) is 4.57 Å². The summed E-state index contributed by atoms with van der Waals surface area (Å²) in [5.74, 6) is 0.238. The predicted octanol–water partition coefficient (Wildman–Crippen LogP) is 5.28. The second-order valence-corrected chi connectivity index (χ2v) is 6.61. The molecule has 2 heterocycles. The SMILES string of the molecule is CCn1c(O)c(C=CC=Cc2ccnc3ccccc23)sc1=S. The summed E-state index contributed by atoms with van der Waals surface area (Å²) in [5, 5.41) is 11.2. The fourth-order valence-corrected chi connectivity index (χ4v) is 3.71. The van der Waals surface area contributed by atoms with Gasteiger partial charge in [-0.05, 0) is 42.9 Å². The topological polar surface area (TPSA) is 38.0 Å². The van der Waals surface area contributed by atoms with Crippen LogP contribution in [0.2, 0.25) is 0 Å². The largest absolute Gasteiger partial charge is 0.493 e. The third kappa shape index (κ3) is 3.25. The Hall–Kier alpha value is -2.24. The third-order valence-electron chi connectivity index (χ3n) is 3.53. The fourth-order valence-electron chi connectivity index (χ4n) is 2.37. The summed E-state index contributed by atoms with van der Waals surface area (Å²) in [7, 11) is 0. The second-order valence-electron chi connectivity index (χ2n) is 4.94. The molecule has 5 heteroatoms. The normalized spacial score (nSPS) is 11.9. The zero-order chi connectivity index (χ0) is 16.2. The lowest BCUT2D eigenvalue weighted by molar-refractivity contribution is 0.419. The molecule has 116 valence electrons. The van der Waals surface area contributed by atoms with Crippen molar-refractivity contribution in [2.45, 2.75) is 13.5 Å².